The molecule has 0 aliphatic carbocycles. The van der Waals surface area contributed by atoms with Gasteiger partial charge in [0.2, 0.25) is 0 Å². The van der Waals surface area contributed by atoms with Crippen LogP contribution in [0.5, 0.6) is 0 Å². The normalized spacial score (nSPS) is 10.9. The van der Waals surface area contributed by atoms with Crippen LogP contribution in [0, 0.1) is 6.92 Å². The van der Waals surface area contributed by atoms with Crippen molar-refractivity contribution >= 4 is 28.8 Å². The van der Waals surface area contributed by atoms with E-state index in [0.29, 0.717) is 23.6 Å². The Morgan fingerprint density at radius 3 is 2.46 bits per heavy atom. The second-order valence-electron chi connectivity index (χ2n) is 8.01. The van der Waals surface area contributed by atoms with Crippen molar-refractivity contribution in [1.29, 1.82) is 0 Å². The second-order valence-corrected chi connectivity index (χ2v) is 8.01. The Labute approximate surface area is 201 Å². The molecule has 2 N–H and O–H groups in total. The van der Waals surface area contributed by atoms with E-state index in [4.69, 9.17) is 0 Å². The average Bonchev–Trinajstić information content (AvgIpc) is 3.49. The molecule has 35 heavy (non-hydrogen) atoms. The molecule has 0 aliphatic rings. The van der Waals surface area contributed by atoms with Crippen LogP contribution in [-0.2, 0) is 6.54 Å². The maximum absolute atomic E-state index is 13.2. The number of anilines is 2. The number of carbonyl (C=O) groups is 2. The van der Waals surface area contributed by atoms with Gasteiger partial charge in [-0.2, -0.15) is 10.2 Å². The summed E-state index contributed by atoms with van der Waals surface area (Å²) < 4.78 is 3.23. The Morgan fingerprint density at radius 2 is 1.71 bits per heavy atom. The summed E-state index contributed by atoms with van der Waals surface area (Å²) in [5, 5.41) is 14.4. The fourth-order valence-corrected chi connectivity index (χ4v) is 3.74. The quantitative estimate of drug-likeness (QED) is 0.386. The number of aromatic nitrogens is 5. The Kier molecular flexibility index (Phi) is 5.80. The number of para-hydroxylation sites is 1. The summed E-state index contributed by atoms with van der Waals surface area (Å²) in [6, 6.07) is 19.0. The summed E-state index contributed by atoms with van der Waals surface area (Å²) in [4.78, 5) is 30.5. The molecule has 5 aromatic rings. The van der Waals surface area contributed by atoms with E-state index in [1.807, 2.05) is 62.4 Å². The number of nitrogens with one attached hydrogen (secondary N) is 2. The Balaban J connectivity index is 1.45. The Hall–Kier alpha value is -4.79. The lowest BCUT2D eigenvalue weighted by Gasteiger charge is -2.07. The first-order valence-electron chi connectivity index (χ1n) is 11.2. The van der Waals surface area contributed by atoms with Crippen molar-refractivity contribution in [2.24, 2.45) is 0 Å². The van der Waals surface area contributed by atoms with Crippen molar-refractivity contribution in [1.82, 2.24) is 24.4 Å². The highest BCUT2D eigenvalue weighted by Gasteiger charge is 2.22. The number of hydrogen-bond donors (Lipinski definition) is 2. The molecule has 0 bridgehead atoms. The molecule has 0 unspecified atom stereocenters. The number of amides is 2. The molecule has 0 saturated heterocycles. The molecule has 3 heterocycles. The number of fused-ring (bicyclic) bond motifs is 1. The molecule has 3 aromatic heterocycles. The van der Waals surface area contributed by atoms with E-state index in [0.717, 1.165) is 16.8 Å². The molecule has 0 spiro atoms. The summed E-state index contributed by atoms with van der Waals surface area (Å²) in [5.41, 5.74) is 4.69. The smallest absolute Gasteiger partial charge is 0.278 e. The molecule has 0 saturated carbocycles. The zero-order valence-electron chi connectivity index (χ0n) is 19.3. The van der Waals surface area contributed by atoms with Crippen molar-refractivity contribution in [2.75, 3.05) is 10.6 Å². The molecule has 0 fully saturated rings. The van der Waals surface area contributed by atoms with E-state index in [1.165, 1.54) is 6.20 Å². The summed E-state index contributed by atoms with van der Waals surface area (Å²) in [7, 11) is 0. The highest BCUT2D eigenvalue weighted by Crippen LogP contribution is 2.23. The first-order chi connectivity index (χ1) is 17.0. The van der Waals surface area contributed by atoms with Crippen LogP contribution in [0.25, 0.3) is 16.9 Å². The summed E-state index contributed by atoms with van der Waals surface area (Å²) in [6.45, 7) is 4.47. The predicted molar refractivity (Wildman–Crippen MR) is 133 cm³/mol. The number of aryl methyl sites for hydroxylation is 2. The lowest BCUT2D eigenvalue weighted by Crippen LogP contribution is -2.18. The van der Waals surface area contributed by atoms with Crippen molar-refractivity contribution in [3.63, 3.8) is 0 Å². The van der Waals surface area contributed by atoms with Crippen molar-refractivity contribution < 1.29 is 9.59 Å². The molecule has 2 amide bonds. The molecule has 174 valence electrons. The van der Waals surface area contributed by atoms with Crippen LogP contribution in [0.4, 0.5) is 11.4 Å². The van der Waals surface area contributed by atoms with Crippen LogP contribution in [-0.4, -0.2) is 36.2 Å². The number of nitrogens with zero attached hydrogens (tertiary/aromatic N) is 5. The van der Waals surface area contributed by atoms with Crippen LogP contribution in [0.15, 0.2) is 79.3 Å². The van der Waals surface area contributed by atoms with E-state index in [2.05, 4.69) is 25.8 Å². The van der Waals surface area contributed by atoms with Gasteiger partial charge in [0.15, 0.2) is 11.3 Å². The highest BCUT2D eigenvalue weighted by atomic mass is 16.2. The molecule has 2 aromatic carbocycles. The van der Waals surface area contributed by atoms with Gasteiger partial charge in [-0.15, -0.1) is 0 Å². The van der Waals surface area contributed by atoms with Crippen LogP contribution in [0.2, 0.25) is 0 Å². The van der Waals surface area contributed by atoms with E-state index < -0.39 is 11.8 Å². The largest absolute Gasteiger partial charge is 0.321 e. The summed E-state index contributed by atoms with van der Waals surface area (Å²) in [5.74, 6) is -0.851. The number of carbonyl (C=O) groups excluding carboxylic acids is 2. The Bertz CT molecular complexity index is 1520. The zero-order valence-corrected chi connectivity index (χ0v) is 19.3. The van der Waals surface area contributed by atoms with Gasteiger partial charge in [0.05, 0.1) is 17.6 Å². The lowest BCUT2D eigenvalue weighted by atomic mass is 10.1. The van der Waals surface area contributed by atoms with Crippen LogP contribution >= 0.6 is 0 Å². The molecule has 5 rings (SSSR count). The van der Waals surface area contributed by atoms with E-state index >= 15 is 0 Å². The van der Waals surface area contributed by atoms with Gasteiger partial charge in [0.1, 0.15) is 5.56 Å². The van der Waals surface area contributed by atoms with E-state index in [-0.39, 0.29) is 11.3 Å². The highest BCUT2D eigenvalue weighted by molar-refractivity contribution is 6.13. The lowest BCUT2D eigenvalue weighted by molar-refractivity contribution is 0.102. The average molecular weight is 466 g/mol. The fourth-order valence-electron chi connectivity index (χ4n) is 3.74. The first-order valence-corrected chi connectivity index (χ1v) is 11.2. The van der Waals surface area contributed by atoms with Gasteiger partial charge >= 0.3 is 0 Å². The van der Waals surface area contributed by atoms with Crippen LogP contribution in [0.1, 0.15) is 33.3 Å². The number of benzene rings is 2. The SMILES string of the molecule is CCn1cc(NC(=O)c2cnn3c(-c4ccc(C)cc4)ccnc23)c(C(=O)Nc2ccccc2)n1. The minimum Gasteiger partial charge on any atom is -0.321 e. The monoisotopic (exact) mass is 465 g/mol. The number of hydrogen-bond acceptors (Lipinski definition) is 5. The van der Waals surface area contributed by atoms with Crippen molar-refractivity contribution in [2.45, 2.75) is 20.4 Å². The van der Waals surface area contributed by atoms with E-state index in [1.54, 1.807) is 33.7 Å². The van der Waals surface area contributed by atoms with Gasteiger partial charge < -0.3 is 10.6 Å². The van der Waals surface area contributed by atoms with Crippen molar-refractivity contribution in [3.05, 3.63) is 96.1 Å². The van der Waals surface area contributed by atoms with Gasteiger partial charge in [-0.25, -0.2) is 9.50 Å². The van der Waals surface area contributed by atoms with Crippen LogP contribution < -0.4 is 10.6 Å². The molecule has 9 heteroatoms. The second kappa shape index (κ2) is 9.22. The third-order valence-corrected chi connectivity index (χ3v) is 5.57. The van der Waals surface area contributed by atoms with E-state index in [9.17, 15) is 9.59 Å². The summed E-state index contributed by atoms with van der Waals surface area (Å²) >= 11 is 0. The standard InChI is InChI=1S/C26H23N7O2/c1-3-32-16-21(23(31-32)26(35)29-19-7-5-4-6-8-19)30-25(34)20-15-28-33-22(13-14-27-24(20)33)18-11-9-17(2)10-12-18/h4-16H,3H2,1-2H3,(H,29,35)(H,30,34). The predicted octanol–water partition coefficient (Wildman–Crippen LogP) is 4.43. The van der Waals surface area contributed by atoms with Gasteiger partial charge in [-0.3, -0.25) is 14.3 Å². The molecular weight excluding hydrogens is 442 g/mol. The van der Waals surface area contributed by atoms with Gasteiger partial charge in [-0.05, 0) is 32.0 Å². The molecule has 0 aliphatic heterocycles. The molecular formula is C26H23N7O2. The van der Waals surface area contributed by atoms with Gasteiger partial charge in [0, 0.05) is 30.2 Å². The zero-order chi connectivity index (χ0) is 24.4. The molecule has 0 radical (unpaired) electrons. The first kappa shape index (κ1) is 22.0. The third-order valence-electron chi connectivity index (χ3n) is 5.57. The minimum atomic E-state index is -0.432. The third kappa shape index (κ3) is 4.39. The maximum Gasteiger partial charge on any atom is 0.278 e. The topological polar surface area (TPSA) is 106 Å². The van der Waals surface area contributed by atoms with Gasteiger partial charge in [-0.1, -0.05) is 48.0 Å². The summed E-state index contributed by atoms with van der Waals surface area (Å²) in [6.07, 6.45) is 4.76. The fraction of sp³-hybridized carbons (Fsp3) is 0.115. The van der Waals surface area contributed by atoms with Crippen molar-refractivity contribution in [3.8, 4) is 11.3 Å². The van der Waals surface area contributed by atoms with Gasteiger partial charge in [0.25, 0.3) is 11.8 Å². The number of rotatable bonds is 6. The van der Waals surface area contributed by atoms with Crippen LogP contribution in [0.3, 0.4) is 0 Å². The molecule has 9 nitrogen and oxygen atoms in total. The maximum atomic E-state index is 13.2. The molecule has 0 atom stereocenters. The Morgan fingerprint density at radius 1 is 0.943 bits per heavy atom. The minimum absolute atomic E-state index is 0.119.